The van der Waals surface area contributed by atoms with Gasteiger partial charge in [-0.1, -0.05) is 36.4 Å². The van der Waals surface area contributed by atoms with Gasteiger partial charge in [0.1, 0.15) is 5.76 Å². The third-order valence-corrected chi connectivity index (χ3v) is 4.70. The summed E-state index contributed by atoms with van der Waals surface area (Å²) in [4.78, 5) is 2.12. The van der Waals surface area contributed by atoms with Crippen molar-refractivity contribution >= 4 is 0 Å². The largest absolute Gasteiger partial charge is 0.493 e. The van der Waals surface area contributed by atoms with Crippen molar-refractivity contribution in [3.8, 4) is 11.5 Å². The minimum Gasteiger partial charge on any atom is -0.493 e. The number of ether oxygens (including phenoxy) is 3. The predicted molar refractivity (Wildman–Crippen MR) is 114 cm³/mol. The third-order valence-electron chi connectivity index (χ3n) is 4.70. The highest BCUT2D eigenvalue weighted by atomic mass is 16.5. The van der Waals surface area contributed by atoms with Crippen molar-refractivity contribution < 1.29 is 23.7 Å². The zero-order valence-corrected chi connectivity index (χ0v) is 17.5. The summed E-state index contributed by atoms with van der Waals surface area (Å²) in [5, 5.41) is 10.5. The van der Waals surface area contributed by atoms with E-state index in [1.807, 2.05) is 60.7 Å². The molecule has 1 aromatic heterocycles. The molecule has 3 rings (SSSR count). The third kappa shape index (κ3) is 6.62. The molecule has 0 bridgehead atoms. The van der Waals surface area contributed by atoms with Crippen molar-refractivity contribution in [1.29, 1.82) is 0 Å². The molecule has 0 saturated carbocycles. The smallest absolute Gasteiger partial charge is 0.161 e. The van der Waals surface area contributed by atoms with Gasteiger partial charge in [0.05, 0.1) is 46.3 Å². The number of hydrogen-bond donors (Lipinski definition) is 1. The Hall–Kier alpha value is -2.80. The number of furan rings is 1. The fraction of sp³-hybridized carbons (Fsp3) is 0.333. The van der Waals surface area contributed by atoms with Crippen molar-refractivity contribution in [3.05, 3.63) is 83.8 Å². The molecule has 1 heterocycles. The number of rotatable bonds is 12. The van der Waals surface area contributed by atoms with E-state index in [-0.39, 0.29) is 6.61 Å². The minimum absolute atomic E-state index is 0.259. The van der Waals surface area contributed by atoms with Crippen LogP contribution in [0.5, 0.6) is 11.5 Å². The Morgan fingerprint density at radius 1 is 0.900 bits per heavy atom. The second-order valence-corrected chi connectivity index (χ2v) is 7.09. The molecular weight excluding hydrogens is 382 g/mol. The number of aliphatic hydroxyl groups excluding tert-OH is 1. The molecule has 6 nitrogen and oxygen atoms in total. The van der Waals surface area contributed by atoms with Crippen LogP contribution in [-0.4, -0.2) is 43.5 Å². The summed E-state index contributed by atoms with van der Waals surface area (Å²) in [6.45, 7) is 2.39. The maximum absolute atomic E-state index is 10.5. The monoisotopic (exact) mass is 411 g/mol. The molecule has 160 valence electrons. The van der Waals surface area contributed by atoms with E-state index in [2.05, 4.69) is 4.90 Å². The summed E-state index contributed by atoms with van der Waals surface area (Å²) in [5.74, 6) is 2.21. The van der Waals surface area contributed by atoms with Gasteiger partial charge in [-0.15, -0.1) is 0 Å². The molecule has 0 amide bonds. The molecule has 0 radical (unpaired) electrons. The summed E-state index contributed by atoms with van der Waals surface area (Å²) in [7, 11) is 3.24. The van der Waals surface area contributed by atoms with Crippen LogP contribution in [0.15, 0.2) is 71.3 Å². The fourth-order valence-corrected chi connectivity index (χ4v) is 3.28. The van der Waals surface area contributed by atoms with Crippen molar-refractivity contribution in [2.45, 2.75) is 25.8 Å². The average Bonchev–Trinajstić information content (AvgIpc) is 3.27. The Morgan fingerprint density at radius 3 is 2.40 bits per heavy atom. The second-order valence-electron chi connectivity index (χ2n) is 7.09. The number of methoxy groups -OCH3 is 2. The lowest BCUT2D eigenvalue weighted by atomic mass is 10.1. The first-order valence-corrected chi connectivity index (χ1v) is 9.93. The van der Waals surface area contributed by atoms with Gasteiger partial charge in [-0.2, -0.15) is 0 Å². The molecule has 0 saturated heterocycles. The summed E-state index contributed by atoms with van der Waals surface area (Å²) in [6, 6.07) is 19.6. The minimum atomic E-state index is -0.621. The van der Waals surface area contributed by atoms with E-state index in [1.54, 1.807) is 20.5 Å². The molecule has 0 aliphatic rings. The zero-order chi connectivity index (χ0) is 21.2. The van der Waals surface area contributed by atoms with Gasteiger partial charge in [0.2, 0.25) is 0 Å². The van der Waals surface area contributed by atoms with E-state index in [0.717, 1.165) is 16.9 Å². The highest BCUT2D eigenvalue weighted by molar-refractivity contribution is 5.42. The molecule has 1 N–H and O–H groups in total. The molecule has 2 aromatic carbocycles. The first kappa shape index (κ1) is 21.9. The van der Waals surface area contributed by atoms with E-state index in [4.69, 9.17) is 18.6 Å². The van der Waals surface area contributed by atoms with Crippen LogP contribution in [-0.2, 0) is 24.4 Å². The number of nitrogens with zero attached hydrogens (tertiary/aromatic N) is 1. The molecule has 6 heteroatoms. The molecule has 3 aromatic rings. The van der Waals surface area contributed by atoms with Crippen LogP contribution in [0, 0.1) is 0 Å². The van der Waals surface area contributed by atoms with Crippen molar-refractivity contribution in [3.63, 3.8) is 0 Å². The normalized spacial score (nSPS) is 12.1. The Morgan fingerprint density at radius 2 is 1.70 bits per heavy atom. The van der Waals surface area contributed by atoms with Crippen molar-refractivity contribution in [2.24, 2.45) is 0 Å². The summed E-state index contributed by atoms with van der Waals surface area (Å²) < 4.78 is 21.9. The Labute approximate surface area is 177 Å². The lowest BCUT2D eigenvalue weighted by molar-refractivity contribution is 0.00613. The van der Waals surface area contributed by atoms with E-state index < -0.39 is 6.10 Å². The first-order valence-electron chi connectivity index (χ1n) is 9.93. The maximum atomic E-state index is 10.5. The van der Waals surface area contributed by atoms with Gasteiger partial charge in [0, 0.05) is 13.1 Å². The van der Waals surface area contributed by atoms with Gasteiger partial charge >= 0.3 is 0 Å². The lowest BCUT2D eigenvalue weighted by Crippen LogP contribution is -2.34. The predicted octanol–water partition coefficient (Wildman–Crippen LogP) is 3.88. The van der Waals surface area contributed by atoms with E-state index >= 15 is 0 Å². The lowest BCUT2D eigenvalue weighted by Gasteiger charge is -2.24. The van der Waals surface area contributed by atoms with Crippen molar-refractivity contribution in [1.82, 2.24) is 4.90 Å². The van der Waals surface area contributed by atoms with Gasteiger partial charge < -0.3 is 23.7 Å². The van der Waals surface area contributed by atoms with E-state index in [9.17, 15) is 5.11 Å². The average molecular weight is 411 g/mol. The Kier molecular flexibility index (Phi) is 8.32. The standard InChI is InChI=1S/C24H29NO5/c1-27-23-11-10-20(13-24(23)28-2)14-25(16-22-9-6-12-30-22)15-21(26)18-29-17-19-7-4-3-5-8-19/h3-13,21,26H,14-18H2,1-2H3/t21-/m1/s1. The Bertz CT molecular complexity index is 867. The quantitative estimate of drug-likeness (QED) is 0.488. The molecule has 0 spiro atoms. The summed E-state index contributed by atoms with van der Waals surface area (Å²) in [5.41, 5.74) is 2.14. The SMILES string of the molecule is COc1ccc(CN(Cc2ccco2)C[C@@H](O)COCc2ccccc2)cc1OC. The highest BCUT2D eigenvalue weighted by Gasteiger charge is 2.16. The zero-order valence-electron chi connectivity index (χ0n) is 17.5. The molecule has 0 fully saturated rings. The van der Waals surface area contributed by atoms with Crippen LogP contribution in [0.25, 0.3) is 0 Å². The van der Waals surface area contributed by atoms with Crippen LogP contribution >= 0.6 is 0 Å². The van der Waals surface area contributed by atoms with Gasteiger partial charge in [0.15, 0.2) is 11.5 Å². The topological polar surface area (TPSA) is 64.3 Å². The highest BCUT2D eigenvalue weighted by Crippen LogP contribution is 2.28. The molecule has 0 unspecified atom stereocenters. The summed E-state index contributed by atoms with van der Waals surface area (Å²) in [6.07, 6.45) is 1.03. The van der Waals surface area contributed by atoms with Crippen LogP contribution in [0.4, 0.5) is 0 Å². The molecule has 1 atom stereocenters. The van der Waals surface area contributed by atoms with Gasteiger partial charge in [-0.3, -0.25) is 4.90 Å². The van der Waals surface area contributed by atoms with Crippen molar-refractivity contribution in [2.75, 3.05) is 27.4 Å². The van der Waals surface area contributed by atoms with E-state index in [1.165, 1.54) is 0 Å². The van der Waals surface area contributed by atoms with Gasteiger partial charge in [-0.05, 0) is 35.4 Å². The molecule has 0 aliphatic carbocycles. The molecule has 0 aliphatic heterocycles. The maximum Gasteiger partial charge on any atom is 0.161 e. The molecule has 30 heavy (non-hydrogen) atoms. The number of benzene rings is 2. The fourth-order valence-electron chi connectivity index (χ4n) is 3.28. The van der Waals surface area contributed by atoms with Crippen LogP contribution in [0.2, 0.25) is 0 Å². The number of aliphatic hydroxyl groups is 1. The van der Waals surface area contributed by atoms with E-state index in [0.29, 0.717) is 37.7 Å². The Balaban J connectivity index is 1.60. The first-order chi connectivity index (χ1) is 14.7. The van der Waals surface area contributed by atoms with Gasteiger partial charge in [-0.25, -0.2) is 0 Å². The van der Waals surface area contributed by atoms with Crippen LogP contribution in [0.3, 0.4) is 0 Å². The molecular formula is C24H29NO5. The number of hydrogen-bond acceptors (Lipinski definition) is 6. The summed E-state index contributed by atoms with van der Waals surface area (Å²) >= 11 is 0. The second kappa shape index (κ2) is 11.4. The van der Waals surface area contributed by atoms with Crippen LogP contribution < -0.4 is 9.47 Å². The van der Waals surface area contributed by atoms with Gasteiger partial charge in [0.25, 0.3) is 0 Å². The van der Waals surface area contributed by atoms with Crippen LogP contribution in [0.1, 0.15) is 16.9 Å².